The van der Waals surface area contributed by atoms with E-state index in [0.29, 0.717) is 48.9 Å². The molecule has 1 fully saturated rings. The second kappa shape index (κ2) is 11.3. The molecule has 2 aromatic carbocycles. The van der Waals surface area contributed by atoms with Crippen LogP contribution in [0.3, 0.4) is 0 Å². The SMILES string of the molecule is CCOCCOc1ccc(C(=O)Nc2cccc(C(=O)NCC3CCCO3)c2)cc1. The van der Waals surface area contributed by atoms with Crippen molar-refractivity contribution in [2.75, 3.05) is 38.3 Å². The third kappa shape index (κ3) is 6.57. The zero-order chi connectivity index (χ0) is 21.2. The fraction of sp³-hybridized carbons (Fsp3) is 0.391. The average Bonchev–Trinajstić information content (AvgIpc) is 3.29. The Labute approximate surface area is 176 Å². The lowest BCUT2D eigenvalue weighted by Gasteiger charge is -2.12. The predicted molar refractivity (Wildman–Crippen MR) is 114 cm³/mol. The highest BCUT2D eigenvalue weighted by molar-refractivity contribution is 6.05. The van der Waals surface area contributed by atoms with Gasteiger partial charge in [-0.2, -0.15) is 0 Å². The van der Waals surface area contributed by atoms with Crippen molar-refractivity contribution >= 4 is 17.5 Å². The van der Waals surface area contributed by atoms with Crippen LogP contribution in [0.4, 0.5) is 5.69 Å². The van der Waals surface area contributed by atoms with Gasteiger partial charge in [-0.1, -0.05) is 6.07 Å². The quantitative estimate of drug-likeness (QED) is 0.585. The van der Waals surface area contributed by atoms with Gasteiger partial charge >= 0.3 is 0 Å². The first-order valence-electron chi connectivity index (χ1n) is 10.3. The molecule has 1 heterocycles. The van der Waals surface area contributed by atoms with Gasteiger partial charge in [-0.3, -0.25) is 9.59 Å². The molecule has 3 rings (SSSR count). The van der Waals surface area contributed by atoms with E-state index in [1.807, 2.05) is 6.92 Å². The number of hydrogen-bond donors (Lipinski definition) is 2. The number of carbonyl (C=O) groups excluding carboxylic acids is 2. The molecule has 0 spiro atoms. The van der Waals surface area contributed by atoms with Crippen molar-refractivity contribution in [1.82, 2.24) is 5.32 Å². The lowest BCUT2D eigenvalue weighted by molar-refractivity contribution is 0.0857. The maximum absolute atomic E-state index is 12.5. The van der Waals surface area contributed by atoms with Crippen molar-refractivity contribution in [3.8, 4) is 5.75 Å². The van der Waals surface area contributed by atoms with Crippen LogP contribution in [0.5, 0.6) is 5.75 Å². The van der Waals surface area contributed by atoms with Gasteiger partial charge in [0, 0.05) is 36.6 Å². The van der Waals surface area contributed by atoms with Gasteiger partial charge in [-0.15, -0.1) is 0 Å². The first-order chi connectivity index (χ1) is 14.7. The number of carbonyl (C=O) groups is 2. The summed E-state index contributed by atoms with van der Waals surface area (Å²) in [5, 5.41) is 5.71. The zero-order valence-electron chi connectivity index (χ0n) is 17.2. The highest BCUT2D eigenvalue weighted by Crippen LogP contribution is 2.16. The van der Waals surface area contributed by atoms with Crippen LogP contribution in [-0.4, -0.2) is 50.9 Å². The van der Waals surface area contributed by atoms with Gasteiger partial charge in [0.25, 0.3) is 11.8 Å². The second-order valence-electron chi connectivity index (χ2n) is 6.95. The minimum absolute atomic E-state index is 0.0861. The van der Waals surface area contributed by atoms with E-state index >= 15 is 0 Å². The minimum Gasteiger partial charge on any atom is -0.491 e. The van der Waals surface area contributed by atoms with Crippen LogP contribution in [0.1, 0.15) is 40.5 Å². The van der Waals surface area contributed by atoms with Crippen LogP contribution in [0.15, 0.2) is 48.5 Å². The number of ether oxygens (including phenoxy) is 3. The highest BCUT2D eigenvalue weighted by Gasteiger charge is 2.17. The largest absolute Gasteiger partial charge is 0.491 e. The summed E-state index contributed by atoms with van der Waals surface area (Å²) >= 11 is 0. The van der Waals surface area contributed by atoms with Gasteiger partial charge in [0.05, 0.1) is 12.7 Å². The molecule has 0 radical (unpaired) electrons. The van der Waals surface area contributed by atoms with E-state index in [9.17, 15) is 9.59 Å². The Balaban J connectivity index is 1.52. The van der Waals surface area contributed by atoms with Gasteiger partial charge in [-0.05, 0) is 62.2 Å². The maximum Gasteiger partial charge on any atom is 0.255 e. The summed E-state index contributed by atoms with van der Waals surface area (Å²) in [7, 11) is 0. The van der Waals surface area contributed by atoms with Crippen molar-refractivity contribution in [3.05, 3.63) is 59.7 Å². The lowest BCUT2D eigenvalue weighted by atomic mass is 10.1. The molecule has 1 aliphatic heterocycles. The van der Waals surface area contributed by atoms with Crippen molar-refractivity contribution in [3.63, 3.8) is 0 Å². The van der Waals surface area contributed by atoms with E-state index in [1.54, 1.807) is 48.5 Å². The number of nitrogens with one attached hydrogen (secondary N) is 2. The molecule has 7 heteroatoms. The van der Waals surface area contributed by atoms with Crippen molar-refractivity contribution in [2.24, 2.45) is 0 Å². The summed E-state index contributed by atoms with van der Waals surface area (Å²) in [4.78, 5) is 24.9. The van der Waals surface area contributed by atoms with Crippen LogP contribution in [-0.2, 0) is 9.47 Å². The van der Waals surface area contributed by atoms with E-state index in [4.69, 9.17) is 14.2 Å². The van der Waals surface area contributed by atoms with Crippen LogP contribution in [0, 0.1) is 0 Å². The third-order valence-electron chi connectivity index (χ3n) is 4.71. The third-order valence-corrected chi connectivity index (χ3v) is 4.71. The predicted octanol–water partition coefficient (Wildman–Crippen LogP) is 3.26. The lowest BCUT2D eigenvalue weighted by Crippen LogP contribution is -2.31. The first-order valence-corrected chi connectivity index (χ1v) is 10.3. The number of anilines is 1. The standard InChI is InChI=1S/C23H28N2O5/c1-2-28-13-14-30-20-10-8-17(9-11-20)23(27)25-19-6-3-5-18(15-19)22(26)24-16-21-7-4-12-29-21/h3,5-6,8-11,15,21H,2,4,7,12-14,16H2,1H3,(H,24,26)(H,25,27). The molecule has 30 heavy (non-hydrogen) atoms. The second-order valence-corrected chi connectivity index (χ2v) is 6.95. The molecule has 1 aliphatic rings. The normalized spacial score (nSPS) is 15.6. The topological polar surface area (TPSA) is 85.9 Å². The molecule has 2 N–H and O–H groups in total. The fourth-order valence-corrected chi connectivity index (χ4v) is 3.12. The van der Waals surface area contributed by atoms with E-state index in [1.165, 1.54) is 0 Å². The van der Waals surface area contributed by atoms with Crippen LogP contribution < -0.4 is 15.4 Å². The smallest absolute Gasteiger partial charge is 0.255 e. The zero-order valence-corrected chi connectivity index (χ0v) is 17.2. The fourth-order valence-electron chi connectivity index (χ4n) is 3.12. The monoisotopic (exact) mass is 412 g/mol. The number of benzene rings is 2. The van der Waals surface area contributed by atoms with E-state index in [0.717, 1.165) is 19.4 Å². The molecule has 2 aromatic rings. The molecule has 0 saturated carbocycles. The van der Waals surface area contributed by atoms with Crippen LogP contribution >= 0.6 is 0 Å². The van der Waals surface area contributed by atoms with Crippen molar-refractivity contribution in [2.45, 2.75) is 25.9 Å². The van der Waals surface area contributed by atoms with Gasteiger partial charge in [0.2, 0.25) is 0 Å². The van der Waals surface area contributed by atoms with Gasteiger partial charge in [0.15, 0.2) is 0 Å². The highest BCUT2D eigenvalue weighted by atomic mass is 16.5. The summed E-state index contributed by atoms with van der Waals surface area (Å²) in [6, 6.07) is 13.8. The van der Waals surface area contributed by atoms with E-state index < -0.39 is 0 Å². The Morgan fingerprint density at radius 3 is 2.63 bits per heavy atom. The molecular formula is C23H28N2O5. The maximum atomic E-state index is 12.5. The number of amides is 2. The van der Waals surface area contributed by atoms with Crippen LogP contribution in [0.25, 0.3) is 0 Å². The molecule has 2 amide bonds. The Kier molecular flexibility index (Phi) is 8.23. The molecule has 0 bridgehead atoms. The van der Waals surface area contributed by atoms with Gasteiger partial charge in [0.1, 0.15) is 12.4 Å². The molecule has 1 unspecified atom stereocenters. The Hall–Kier alpha value is -2.90. The van der Waals surface area contributed by atoms with E-state index in [2.05, 4.69) is 10.6 Å². The summed E-state index contributed by atoms with van der Waals surface area (Å²) in [6.07, 6.45) is 2.08. The molecule has 1 saturated heterocycles. The Morgan fingerprint density at radius 2 is 1.90 bits per heavy atom. The number of rotatable bonds is 10. The summed E-state index contributed by atoms with van der Waals surface area (Å²) in [5.41, 5.74) is 1.55. The summed E-state index contributed by atoms with van der Waals surface area (Å²) in [6.45, 7) is 4.81. The molecular weight excluding hydrogens is 384 g/mol. The molecule has 0 aromatic heterocycles. The van der Waals surface area contributed by atoms with Gasteiger partial charge in [-0.25, -0.2) is 0 Å². The van der Waals surface area contributed by atoms with Crippen molar-refractivity contribution in [1.29, 1.82) is 0 Å². The van der Waals surface area contributed by atoms with Crippen LogP contribution in [0.2, 0.25) is 0 Å². The first kappa shape index (κ1) is 21.8. The Bertz CT molecular complexity index is 832. The molecule has 7 nitrogen and oxygen atoms in total. The molecule has 1 atom stereocenters. The Morgan fingerprint density at radius 1 is 1.07 bits per heavy atom. The summed E-state index contributed by atoms with van der Waals surface area (Å²) in [5.74, 6) is 0.235. The molecule has 0 aliphatic carbocycles. The van der Waals surface area contributed by atoms with Crippen molar-refractivity contribution < 1.29 is 23.8 Å². The van der Waals surface area contributed by atoms with E-state index in [-0.39, 0.29) is 17.9 Å². The molecule has 160 valence electrons. The summed E-state index contributed by atoms with van der Waals surface area (Å²) < 4.78 is 16.3. The average molecular weight is 412 g/mol. The minimum atomic E-state index is -0.257. The van der Waals surface area contributed by atoms with Gasteiger partial charge < -0.3 is 24.8 Å². The number of hydrogen-bond acceptors (Lipinski definition) is 5.